The normalized spacial score (nSPS) is 18.9. The summed E-state index contributed by atoms with van der Waals surface area (Å²) in [5.74, 6) is 0. The van der Waals surface area contributed by atoms with Crippen molar-refractivity contribution in [3.05, 3.63) is 30.6 Å². The van der Waals surface area contributed by atoms with E-state index in [4.69, 9.17) is 10.8 Å². The van der Waals surface area contributed by atoms with Crippen molar-refractivity contribution in [1.29, 1.82) is 0 Å². The smallest absolute Gasteiger partial charge is 0.0451 e. The van der Waals surface area contributed by atoms with E-state index in [1.165, 1.54) is 23.9 Å². The molecule has 2 heterocycles. The van der Waals surface area contributed by atoms with Crippen LogP contribution in [-0.2, 0) is 0 Å². The molecule has 3 N–H and O–H groups in total. The third kappa shape index (κ3) is 2.31. The molecule has 0 amide bonds. The van der Waals surface area contributed by atoms with Gasteiger partial charge in [-0.05, 0) is 43.9 Å². The summed E-state index contributed by atoms with van der Waals surface area (Å²) in [6.07, 6.45) is 8.00. The van der Waals surface area contributed by atoms with Crippen molar-refractivity contribution in [2.45, 2.75) is 31.7 Å². The molecular formula is C16H21N3O. The third-order valence-corrected chi connectivity index (χ3v) is 4.21. The van der Waals surface area contributed by atoms with Gasteiger partial charge >= 0.3 is 0 Å². The Kier molecular flexibility index (Phi) is 3.74. The average Bonchev–Trinajstić information content (AvgIpc) is 2.94. The fourth-order valence-electron chi connectivity index (χ4n) is 3.23. The Bertz CT molecular complexity index is 599. The molecule has 0 aliphatic carbocycles. The Morgan fingerprint density at radius 3 is 3.05 bits per heavy atom. The molecule has 0 spiro atoms. The first-order valence-electron chi connectivity index (χ1n) is 7.31. The van der Waals surface area contributed by atoms with Crippen LogP contribution in [0.3, 0.4) is 0 Å². The molecule has 1 unspecified atom stereocenters. The second kappa shape index (κ2) is 5.67. The third-order valence-electron chi connectivity index (χ3n) is 4.21. The van der Waals surface area contributed by atoms with Crippen LogP contribution in [0.1, 0.15) is 25.7 Å². The van der Waals surface area contributed by atoms with Gasteiger partial charge in [-0.1, -0.05) is 0 Å². The summed E-state index contributed by atoms with van der Waals surface area (Å²) in [4.78, 5) is 6.65. The number of hydrogen-bond acceptors (Lipinski definition) is 4. The SMILES string of the molecule is Nc1ccc(N2CCCC2CCCO)c2ccncc12. The van der Waals surface area contributed by atoms with E-state index < -0.39 is 0 Å². The summed E-state index contributed by atoms with van der Waals surface area (Å²) in [7, 11) is 0. The maximum atomic E-state index is 9.05. The average molecular weight is 271 g/mol. The number of nitrogen functional groups attached to an aromatic ring is 1. The molecule has 1 aromatic carbocycles. The number of benzene rings is 1. The molecule has 1 fully saturated rings. The van der Waals surface area contributed by atoms with Crippen LogP contribution in [0.5, 0.6) is 0 Å². The van der Waals surface area contributed by atoms with Crippen molar-refractivity contribution >= 4 is 22.1 Å². The highest BCUT2D eigenvalue weighted by Crippen LogP contribution is 2.35. The highest BCUT2D eigenvalue weighted by atomic mass is 16.2. The van der Waals surface area contributed by atoms with Gasteiger partial charge in [0.15, 0.2) is 0 Å². The largest absolute Gasteiger partial charge is 0.398 e. The fourth-order valence-corrected chi connectivity index (χ4v) is 3.23. The number of nitrogens with two attached hydrogens (primary N) is 1. The van der Waals surface area contributed by atoms with Gasteiger partial charge in [0.05, 0.1) is 0 Å². The predicted molar refractivity (Wildman–Crippen MR) is 82.8 cm³/mol. The zero-order valence-electron chi connectivity index (χ0n) is 11.6. The summed E-state index contributed by atoms with van der Waals surface area (Å²) in [6, 6.07) is 6.67. The van der Waals surface area contributed by atoms with E-state index in [1.54, 1.807) is 0 Å². The van der Waals surface area contributed by atoms with Crippen molar-refractivity contribution in [2.75, 3.05) is 23.8 Å². The van der Waals surface area contributed by atoms with Crippen LogP contribution < -0.4 is 10.6 Å². The predicted octanol–water partition coefficient (Wildman–Crippen LogP) is 2.56. The van der Waals surface area contributed by atoms with Crippen LogP contribution >= 0.6 is 0 Å². The maximum absolute atomic E-state index is 9.05. The standard InChI is InChI=1S/C16H21N3O/c17-15-5-6-16(13-7-8-18-11-14(13)15)19-9-1-3-12(19)4-2-10-20/h5-8,11-12,20H,1-4,9-10,17H2. The Balaban J connectivity index is 1.99. The zero-order chi connectivity index (χ0) is 13.9. The summed E-state index contributed by atoms with van der Waals surface area (Å²) in [5.41, 5.74) is 8.07. The first-order valence-corrected chi connectivity index (χ1v) is 7.31. The van der Waals surface area contributed by atoms with E-state index in [0.717, 1.165) is 30.5 Å². The summed E-state index contributed by atoms with van der Waals surface area (Å²) < 4.78 is 0. The van der Waals surface area contributed by atoms with Crippen molar-refractivity contribution in [3.63, 3.8) is 0 Å². The molecule has 1 aliphatic heterocycles. The van der Waals surface area contributed by atoms with Gasteiger partial charge in [-0.3, -0.25) is 4.98 Å². The van der Waals surface area contributed by atoms with E-state index in [0.29, 0.717) is 6.04 Å². The van der Waals surface area contributed by atoms with E-state index >= 15 is 0 Å². The van der Waals surface area contributed by atoms with Crippen LogP contribution in [0.25, 0.3) is 10.8 Å². The lowest BCUT2D eigenvalue weighted by Gasteiger charge is -2.28. The summed E-state index contributed by atoms with van der Waals surface area (Å²) in [5, 5.41) is 11.3. The van der Waals surface area contributed by atoms with Crippen molar-refractivity contribution in [2.24, 2.45) is 0 Å². The van der Waals surface area contributed by atoms with E-state index in [9.17, 15) is 0 Å². The van der Waals surface area contributed by atoms with Gasteiger partial charge in [0.2, 0.25) is 0 Å². The number of nitrogens with zero attached hydrogens (tertiary/aromatic N) is 2. The molecule has 4 heteroatoms. The molecule has 0 radical (unpaired) electrons. The number of anilines is 2. The monoisotopic (exact) mass is 271 g/mol. The van der Waals surface area contributed by atoms with Crippen LogP contribution in [0.15, 0.2) is 30.6 Å². The van der Waals surface area contributed by atoms with Gasteiger partial charge in [-0.2, -0.15) is 0 Å². The molecule has 0 saturated carbocycles. The quantitative estimate of drug-likeness (QED) is 0.839. The van der Waals surface area contributed by atoms with E-state index in [1.807, 2.05) is 24.5 Å². The summed E-state index contributed by atoms with van der Waals surface area (Å²) in [6.45, 7) is 1.36. The number of aromatic nitrogens is 1. The van der Waals surface area contributed by atoms with E-state index in [-0.39, 0.29) is 6.61 Å². The van der Waals surface area contributed by atoms with Crippen LogP contribution in [0, 0.1) is 0 Å². The minimum atomic E-state index is 0.275. The van der Waals surface area contributed by atoms with Crippen molar-refractivity contribution < 1.29 is 5.11 Å². The van der Waals surface area contributed by atoms with Gasteiger partial charge in [0.25, 0.3) is 0 Å². The minimum absolute atomic E-state index is 0.275. The van der Waals surface area contributed by atoms with Gasteiger partial charge in [-0.25, -0.2) is 0 Å². The first-order chi connectivity index (χ1) is 9.81. The van der Waals surface area contributed by atoms with Crippen LogP contribution in [-0.4, -0.2) is 29.3 Å². The molecular weight excluding hydrogens is 250 g/mol. The number of fused-ring (bicyclic) bond motifs is 1. The molecule has 1 aliphatic rings. The summed E-state index contributed by atoms with van der Waals surface area (Å²) >= 11 is 0. The Morgan fingerprint density at radius 1 is 1.30 bits per heavy atom. The highest BCUT2D eigenvalue weighted by Gasteiger charge is 2.25. The molecule has 2 aromatic rings. The fraction of sp³-hybridized carbons (Fsp3) is 0.438. The molecule has 3 rings (SSSR count). The minimum Gasteiger partial charge on any atom is -0.398 e. The zero-order valence-corrected chi connectivity index (χ0v) is 11.6. The lowest BCUT2D eigenvalue weighted by molar-refractivity contribution is 0.279. The lowest BCUT2D eigenvalue weighted by atomic mass is 10.1. The lowest BCUT2D eigenvalue weighted by Crippen LogP contribution is -2.29. The molecule has 1 aromatic heterocycles. The van der Waals surface area contributed by atoms with Crippen molar-refractivity contribution in [3.8, 4) is 0 Å². The van der Waals surface area contributed by atoms with Gasteiger partial charge in [0, 0.05) is 53.7 Å². The van der Waals surface area contributed by atoms with Crippen LogP contribution in [0.2, 0.25) is 0 Å². The van der Waals surface area contributed by atoms with Crippen LogP contribution in [0.4, 0.5) is 11.4 Å². The molecule has 0 bridgehead atoms. The highest BCUT2D eigenvalue weighted by molar-refractivity contribution is 6.01. The Labute approximate surface area is 119 Å². The number of pyridine rings is 1. The molecule has 106 valence electrons. The van der Waals surface area contributed by atoms with Gasteiger partial charge in [0.1, 0.15) is 0 Å². The van der Waals surface area contributed by atoms with E-state index in [2.05, 4.69) is 16.0 Å². The Morgan fingerprint density at radius 2 is 2.20 bits per heavy atom. The Hall–Kier alpha value is -1.81. The molecule has 20 heavy (non-hydrogen) atoms. The molecule has 4 nitrogen and oxygen atoms in total. The topological polar surface area (TPSA) is 62.4 Å². The maximum Gasteiger partial charge on any atom is 0.0451 e. The van der Waals surface area contributed by atoms with Gasteiger partial charge in [-0.15, -0.1) is 0 Å². The number of rotatable bonds is 4. The number of aliphatic hydroxyl groups is 1. The number of hydrogen-bond donors (Lipinski definition) is 2. The second-order valence-corrected chi connectivity index (χ2v) is 5.45. The molecule has 1 atom stereocenters. The second-order valence-electron chi connectivity index (χ2n) is 5.45. The number of aliphatic hydroxyl groups excluding tert-OH is 1. The van der Waals surface area contributed by atoms with Gasteiger partial charge < -0.3 is 15.7 Å². The molecule has 1 saturated heterocycles. The van der Waals surface area contributed by atoms with Crippen molar-refractivity contribution in [1.82, 2.24) is 4.98 Å². The first kappa shape index (κ1) is 13.2.